The molecule has 0 unspecified atom stereocenters. The molecule has 0 atom stereocenters. The number of benzene rings is 3. The van der Waals surface area contributed by atoms with Crippen LogP contribution in [0.4, 0.5) is 34.1 Å². The molecule has 58 heavy (non-hydrogen) atoms. The third kappa shape index (κ3) is 10.6. The van der Waals surface area contributed by atoms with Crippen LogP contribution in [0.1, 0.15) is 15.9 Å². The standard InChI is InChI=1S/C34H25N9O11S2.2Na/c35-31-30-17(13-28(55(49,50)51)32(31)42-38-20-5-1-18(2-6-20)36-40-24-11-9-22(44)15-26(24)46)14-29(56(52,53)54)33(34(30)48)43-39-21-7-3-19(4-8-21)37-41-25-12-10-23(45)16-27(25)47;;/h1-16,36-37,39,46-47H,35H2,(H,49,50,51)(H,52,53,54);;/q;2*+1/p-2/b40-24-,41-25-,42-38?,43-33+;;. The van der Waals surface area contributed by atoms with Gasteiger partial charge in [-0.1, -0.05) is 11.5 Å². The Kier molecular flexibility index (Phi) is 14.4. The normalized spacial score (nSPS) is 17.3. The van der Waals surface area contributed by atoms with E-state index in [4.69, 9.17) is 5.73 Å². The van der Waals surface area contributed by atoms with Crippen molar-refractivity contribution in [2.75, 3.05) is 22.0 Å². The molecule has 24 heteroatoms. The number of nitrogens with two attached hydrogens (primary N) is 1. The second-order valence-corrected chi connectivity index (χ2v) is 14.3. The summed E-state index contributed by atoms with van der Waals surface area (Å²) in [4.78, 5) is 34.4. The van der Waals surface area contributed by atoms with Gasteiger partial charge in [-0.2, -0.15) is 37.3 Å². The molecule has 3 aromatic rings. The maximum absolute atomic E-state index is 13.8. The van der Waals surface area contributed by atoms with Crippen LogP contribution in [0.25, 0.3) is 6.08 Å². The van der Waals surface area contributed by atoms with Gasteiger partial charge >= 0.3 is 59.1 Å². The van der Waals surface area contributed by atoms with Crippen molar-refractivity contribution in [3.05, 3.63) is 119 Å². The number of Topliss-reactive ketones (excluding diaryl/α,β-unsaturated/α-hetero) is 1. The average Bonchev–Trinajstić information content (AvgIpc) is 3.13. The number of carbonyl (C=O) groups excluding carboxylic acids is 3. The quantitative estimate of drug-likeness (QED) is 0.0284. The number of fused-ring (bicyclic) bond motifs is 1. The fourth-order valence-electron chi connectivity index (χ4n) is 4.97. The van der Waals surface area contributed by atoms with Crippen LogP contribution in [0.5, 0.6) is 0 Å². The van der Waals surface area contributed by atoms with E-state index in [0.29, 0.717) is 11.4 Å². The Hall–Kier alpha value is -5.40. The maximum Gasteiger partial charge on any atom is 1.00 e. The Labute approximate surface area is 372 Å². The molecule has 0 aliphatic heterocycles. The van der Waals surface area contributed by atoms with Gasteiger partial charge in [-0.05, 0) is 103 Å². The van der Waals surface area contributed by atoms with E-state index >= 15 is 0 Å². The number of nitrogens with one attached hydrogen (secondary N) is 3. The monoisotopic (exact) mass is 843 g/mol. The molecule has 0 saturated carbocycles. The second kappa shape index (κ2) is 18.5. The van der Waals surface area contributed by atoms with Gasteiger partial charge in [0, 0.05) is 0 Å². The number of hydrogen-bond donors (Lipinski definition) is 6. The third-order valence-corrected chi connectivity index (χ3v) is 9.37. The van der Waals surface area contributed by atoms with Crippen LogP contribution < -0.4 is 91.3 Å². The Morgan fingerprint density at radius 3 is 1.53 bits per heavy atom. The predicted octanol–water partition coefficient (Wildman–Crippen LogP) is -3.87. The van der Waals surface area contributed by atoms with Gasteiger partial charge in [0.15, 0.2) is 17.3 Å². The summed E-state index contributed by atoms with van der Waals surface area (Å²) in [6.07, 6.45) is 7.33. The Balaban J connectivity index is 0.00000372. The van der Waals surface area contributed by atoms with Crippen molar-refractivity contribution in [1.82, 2.24) is 0 Å². The molecule has 3 aliphatic rings. The zero-order valence-corrected chi connectivity index (χ0v) is 35.6. The summed E-state index contributed by atoms with van der Waals surface area (Å²) in [6, 6.07) is 12.3. The largest absolute Gasteiger partial charge is 1.00 e. The van der Waals surface area contributed by atoms with E-state index in [-0.39, 0.29) is 81.9 Å². The van der Waals surface area contributed by atoms with Crippen LogP contribution >= 0.6 is 0 Å². The Morgan fingerprint density at radius 1 is 0.621 bits per heavy atom. The number of azo groups is 1. The first-order valence-electron chi connectivity index (χ1n) is 15.5. The van der Waals surface area contributed by atoms with E-state index in [0.717, 1.165) is 24.3 Å². The summed E-state index contributed by atoms with van der Waals surface area (Å²) in [6.45, 7) is 0. The summed E-state index contributed by atoms with van der Waals surface area (Å²) in [7, 11) is -10.3. The first-order chi connectivity index (χ1) is 26.5. The molecule has 0 amide bonds. The second-order valence-electron chi connectivity index (χ2n) is 11.5. The number of nitrogen functional groups attached to an aromatic ring is 1. The molecule has 0 heterocycles. The predicted molar refractivity (Wildman–Crippen MR) is 199 cm³/mol. The van der Waals surface area contributed by atoms with Gasteiger partial charge in [0.05, 0.1) is 45.4 Å². The number of rotatable bonds is 10. The van der Waals surface area contributed by atoms with Gasteiger partial charge in [-0.15, -0.1) is 5.11 Å². The molecule has 0 fully saturated rings. The zero-order chi connectivity index (χ0) is 40.4. The fourth-order valence-corrected chi connectivity index (χ4v) is 6.30. The van der Waals surface area contributed by atoms with Crippen LogP contribution in [0.3, 0.4) is 0 Å². The van der Waals surface area contributed by atoms with Crippen molar-refractivity contribution < 1.29 is 110 Å². The summed E-state index contributed by atoms with van der Waals surface area (Å²) < 4.78 is 69.7. The molecular formula is C34H23N9Na2O11S2. The SMILES string of the molecule is Nc1c(N=Nc2ccc(N/N=C3/C=CC(=O)C=C3[O-])cc2)c(S(=O)(=O)O)cc2c1C(=O)/C(=N/Nc1ccc(N/N=C3/C=CC(=O)C=C3[O-])cc1)C(S(=O)(=O)O)=C2.[Na+].[Na+]. The molecule has 20 nitrogen and oxygen atoms in total. The Bertz CT molecular complexity index is 2740. The van der Waals surface area contributed by atoms with Crippen molar-refractivity contribution in [3.8, 4) is 0 Å². The van der Waals surface area contributed by atoms with E-state index in [2.05, 4.69) is 41.8 Å². The molecule has 0 spiro atoms. The molecule has 7 N–H and O–H groups in total. The average molecular weight is 844 g/mol. The van der Waals surface area contributed by atoms with Gasteiger partial charge < -0.3 is 15.9 Å². The molecule has 3 aromatic carbocycles. The van der Waals surface area contributed by atoms with Gasteiger partial charge in [0.2, 0.25) is 5.78 Å². The van der Waals surface area contributed by atoms with Gasteiger partial charge in [0.1, 0.15) is 15.5 Å². The summed E-state index contributed by atoms with van der Waals surface area (Å²) in [5, 5.41) is 43.3. The number of carbonyl (C=O) groups is 3. The van der Waals surface area contributed by atoms with E-state index in [1.807, 2.05) is 0 Å². The smallest absolute Gasteiger partial charge is 0.871 e. The van der Waals surface area contributed by atoms with Gasteiger partial charge in [-0.25, -0.2) is 0 Å². The van der Waals surface area contributed by atoms with Crippen molar-refractivity contribution in [1.29, 1.82) is 0 Å². The third-order valence-electron chi connectivity index (χ3n) is 7.64. The van der Waals surface area contributed by atoms with Crippen LogP contribution in [-0.4, -0.2) is 60.4 Å². The molecular weight excluding hydrogens is 821 g/mol. The van der Waals surface area contributed by atoms with E-state index in [9.17, 15) is 50.5 Å². The maximum atomic E-state index is 13.8. The molecule has 284 valence electrons. The van der Waals surface area contributed by atoms with E-state index in [1.165, 1.54) is 72.8 Å². The number of ketones is 3. The topological polar surface area (TPSA) is 330 Å². The Morgan fingerprint density at radius 2 is 1.09 bits per heavy atom. The number of hydrazone groups is 3. The summed E-state index contributed by atoms with van der Waals surface area (Å²) in [5.74, 6) is -3.30. The van der Waals surface area contributed by atoms with Crippen molar-refractivity contribution in [3.63, 3.8) is 0 Å². The minimum atomic E-state index is -5.18. The number of hydrogen-bond acceptors (Lipinski definition) is 18. The molecule has 3 aliphatic carbocycles. The molecule has 0 saturated heterocycles. The van der Waals surface area contributed by atoms with Gasteiger partial charge in [-0.3, -0.25) is 39.8 Å². The zero-order valence-electron chi connectivity index (χ0n) is 29.9. The summed E-state index contributed by atoms with van der Waals surface area (Å²) in [5.41, 5.74) is 12.0. The van der Waals surface area contributed by atoms with Crippen LogP contribution in [-0.2, 0) is 29.8 Å². The van der Waals surface area contributed by atoms with Crippen molar-refractivity contribution in [2.24, 2.45) is 25.5 Å². The van der Waals surface area contributed by atoms with Crippen LogP contribution in [0, 0.1) is 0 Å². The van der Waals surface area contributed by atoms with Crippen LogP contribution in [0.15, 0.2) is 138 Å². The number of allylic oxidation sites excluding steroid dienone is 7. The molecule has 0 aromatic heterocycles. The minimum absolute atomic E-state index is 0. The first-order valence-corrected chi connectivity index (χ1v) is 18.4. The molecule has 0 bridgehead atoms. The minimum Gasteiger partial charge on any atom is -0.871 e. The number of anilines is 4. The van der Waals surface area contributed by atoms with E-state index in [1.54, 1.807) is 0 Å². The molecule has 0 radical (unpaired) electrons. The first kappa shape index (κ1) is 45.3. The summed E-state index contributed by atoms with van der Waals surface area (Å²) >= 11 is 0. The van der Waals surface area contributed by atoms with Gasteiger partial charge in [0.25, 0.3) is 20.2 Å². The fraction of sp³-hybridized carbons (Fsp3) is 0. The molecule has 6 rings (SSSR count). The van der Waals surface area contributed by atoms with Crippen LogP contribution in [0.2, 0.25) is 0 Å². The number of nitrogens with zero attached hydrogens (tertiary/aromatic N) is 5. The van der Waals surface area contributed by atoms with E-state index < -0.39 is 87.1 Å². The van der Waals surface area contributed by atoms with Crippen molar-refractivity contribution >= 4 is 94.9 Å². The van der Waals surface area contributed by atoms with Crippen molar-refractivity contribution in [2.45, 2.75) is 4.90 Å².